The number of amides is 2. The number of phenols is 1. The van der Waals surface area contributed by atoms with Crippen LogP contribution in [-0.2, 0) is 19.3 Å². The molecule has 2 atom stereocenters. The summed E-state index contributed by atoms with van der Waals surface area (Å²) < 4.78 is 0. The fourth-order valence-electron chi connectivity index (χ4n) is 5.52. The van der Waals surface area contributed by atoms with Crippen LogP contribution >= 0.6 is 23.2 Å². The first-order valence-electron chi connectivity index (χ1n) is 9.64. The average Bonchev–Trinajstić information content (AvgIpc) is 3.04. The molecule has 4 nitrogen and oxygen atoms in total. The van der Waals surface area contributed by atoms with Crippen LogP contribution in [-0.4, -0.2) is 16.9 Å². The van der Waals surface area contributed by atoms with E-state index >= 15 is 0 Å². The Morgan fingerprint density at radius 2 is 1.03 bits per heavy atom. The molecule has 0 saturated carbocycles. The number of hydrogen-bond donors (Lipinski definition) is 1. The van der Waals surface area contributed by atoms with E-state index in [2.05, 4.69) is 0 Å². The lowest BCUT2D eigenvalue weighted by molar-refractivity contribution is -0.122. The minimum absolute atomic E-state index is 0.0535. The van der Waals surface area contributed by atoms with E-state index in [-0.39, 0.29) is 17.6 Å². The van der Waals surface area contributed by atoms with Gasteiger partial charge in [-0.15, -0.1) is 23.2 Å². The van der Waals surface area contributed by atoms with Gasteiger partial charge in [-0.25, -0.2) is 4.90 Å². The van der Waals surface area contributed by atoms with Gasteiger partial charge in [0.2, 0.25) is 11.8 Å². The van der Waals surface area contributed by atoms with E-state index in [0.717, 1.165) is 22.3 Å². The smallest absolute Gasteiger partial charge is 0.240 e. The zero-order chi connectivity index (χ0) is 20.8. The fourth-order valence-corrected chi connectivity index (χ4v) is 6.62. The van der Waals surface area contributed by atoms with E-state index in [4.69, 9.17) is 23.2 Å². The number of benzene rings is 3. The molecule has 1 saturated heterocycles. The van der Waals surface area contributed by atoms with Crippen LogP contribution in [0.25, 0.3) is 0 Å². The van der Waals surface area contributed by atoms with Gasteiger partial charge in [-0.3, -0.25) is 9.59 Å². The Bertz CT molecular complexity index is 1130. The first-order valence-corrected chi connectivity index (χ1v) is 10.4. The molecule has 3 aliphatic carbocycles. The summed E-state index contributed by atoms with van der Waals surface area (Å²) in [5.41, 5.74) is 3.49. The molecule has 3 aromatic rings. The van der Waals surface area contributed by atoms with Crippen molar-refractivity contribution in [3.63, 3.8) is 0 Å². The van der Waals surface area contributed by atoms with Crippen LogP contribution in [0.2, 0.25) is 0 Å². The van der Waals surface area contributed by atoms with Crippen LogP contribution < -0.4 is 4.90 Å². The molecule has 0 aromatic heterocycles. The zero-order valence-corrected chi connectivity index (χ0v) is 17.1. The lowest BCUT2D eigenvalue weighted by Gasteiger charge is -2.54. The molecule has 30 heavy (non-hydrogen) atoms. The van der Waals surface area contributed by atoms with Gasteiger partial charge in [0.05, 0.1) is 17.5 Å². The second kappa shape index (κ2) is 5.65. The number of aromatic hydroxyl groups is 1. The lowest BCUT2D eigenvalue weighted by atomic mass is 9.54. The Hall–Kier alpha value is -2.82. The standard InChI is InChI=1S/C24H15Cl2NO3/c25-23-15-5-1-2-6-16(15)24(26,18-8-4-3-7-17(18)23)20-19(23)21(29)27(22(20)30)13-9-11-14(28)12-10-13/h1-12,19-20,28H/t19-,20-,23?,24?/m1/s1. The summed E-state index contributed by atoms with van der Waals surface area (Å²) in [6.07, 6.45) is 0. The summed E-state index contributed by atoms with van der Waals surface area (Å²) in [5.74, 6) is -2.36. The van der Waals surface area contributed by atoms with Crippen LogP contribution in [0.3, 0.4) is 0 Å². The highest BCUT2D eigenvalue weighted by molar-refractivity contribution is 6.38. The Morgan fingerprint density at radius 3 is 1.40 bits per heavy atom. The van der Waals surface area contributed by atoms with Gasteiger partial charge >= 0.3 is 0 Å². The van der Waals surface area contributed by atoms with Gasteiger partial charge in [-0.2, -0.15) is 0 Å². The zero-order valence-electron chi connectivity index (χ0n) is 15.5. The quantitative estimate of drug-likeness (QED) is 0.452. The summed E-state index contributed by atoms with van der Waals surface area (Å²) in [7, 11) is 0. The Balaban J connectivity index is 1.66. The largest absolute Gasteiger partial charge is 0.508 e. The topological polar surface area (TPSA) is 57.6 Å². The van der Waals surface area contributed by atoms with Crippen LogP contribution in [0.5, 0.6) is 5.75 Å². The number of hydrogen-bond acceptors (Lipinski definition) is 3. The van der Waals surface area contributed by atoms with E-state index in [1.165, 1.54) is 17.0 Å². The number of carbonyl (C=O) groups excluding carboxylic acids is 2. The molecule has 1 N–H and O–H groups in total. The van der Waals surface area contributed by atoms with Gasteiger partial charge in [0, 0.05) is 0 Å². The van der Waals surface area contributed by atoms with Crippen molar-refractivity contribution < 1.29 is 14.7 Å². The highest BCUT2D eigenvalue weighted by Gasteiger charge is 2.73. The van der Waals surface area contributed by atoms with Crippen molar-refractivity contribution in [3.8, 4) is 5.75 Å². The Kier molecular flexibility index (Phi) is 3.39. The molecule has 2 amide bonds. The summed E-state index contributed by atoms with van der Waals surface area (Å²) in [6.45, 7) is 0. The van der Waals surface area contributed by atoms with Crippen LogP contribution in [0.15, 0.2) is 72.8 Å². The normalized spacial score (nSPS) is 30.8. The second-order valence-electron chi connectivity index (χ2n) is 8.00. The monoisotopic (exact) mass is 435 g/mol. The number of imide groups is 1. The third kappa shape index (κ3) is 1.85. The summed E-state index contributed by atoms with van der Waals surface area (Å²) in [5, 5.41) is 9.62. The molecule has 1 aliphatic heterocycles. The lowest BCUT2D eigenvalue weighted by Crippen LogP contribution is -2.57. The van der Waals surface area contributed by atoms with Crippen molar-refractivity contribution in [2.24, 2.45) is 11.8 Å². The number of halogens is 2. The predicted molar refractivity (Wildman–Crippen MR) is 114 cm³/mol. The van der Waals surface area contributed by atoms with E-state index < -0.39 is 21.6 Å². The maximum atomic E-state index is 13.7. The molecule has 0 radical (unpaired) electrons. The van der Waals surface area contributed by atoms with Gasteiger partial charge in [-0.05, 0) is 46.5 Å². The first kappa shape index (κ1) is 18.0. The highest BCUT2D eigenvalue weighted by Crippen LogP contribution is 2.69. The van der Waals surface area contributed by atoms with Crippen LogP contribution in [0.1, 0.15) is 22.3 Å². The predicted octanol–water partition coefficient (Wildman–Crippen LogP) is 4.49. The molecule has 7 rings (SSSR count). The molecule has 1 fully saturated rings. The van der Waals surface area contributed by atoms with Gasteiger partial charge in [0.15, 0.2) is 0 Å². The Morgan fingerprint density at radius 1 is 0.667 bits per heavy atom. The SMILES string of the molecule is O=C1[C@H]2[C@H](C(=O)N1c1ccc(O)cc1)C1(Cl)c3ccccc3C2(Cl)c2ccccc21. The van der Waals surface area contributed by atoms with Gasteiger partial charge < -0.3 is 5.11 Å². The van der Waals surface area contributed by atoms with Gasteiger partial charge in [0.1, 0.15) is 15.5 Å². The van der Waals surface area contributed by atoms with Crippen molar-refractivity contribution in [2.75, 3.05) is 4.90 Å². The number of nitrogens with zero attached hydrogens (tertiary/aromatic N) is 1. The van der Waals surface area contributed by atoms with E-state index in [9.17, 15) is 14.7 Å². The number of phenolic OH excluding ortho intramolecular Hbond substituents is 1. The molecule has 2 bridgehead atoms. The minimum Gasteiger partial charge on any atom is -0.508 e. The van der Waals surface area contributed by atoms with Gasteiger partial charge in [-0.1, -0.05) is 48.5 Å². The van der Waals surface area contributed by atoms with E-state index in [0.29, 0.717) is 5.69 Å². The highest BCUT2D eigenvalue weighted by atomic mass is 35.5. The van der Waals surface area contributed by atoms with Crippen molar-refractivity contribution in [3.05, 3.63) is 95.1 Å². The number of rotatable bonds is 1. The molecule has 148 valence electrons. The summed E-state index contributed by atoms with van der Waals surface area (Å²) in [6, 6.07) is 21.1. The first-order chi connectivity index (χ1) is 14.4. The molecular formula is C24H15Cl2NO3. The number of anilines is 1. The van der Waals surface area contributed by atoms with Crippen molar-refractivity contribution in [1.29, 1.82) is 0 Å². The third-order valence-corrected chi connectivity index (χ3v) is 7.98. The maximum Gasteiger partial charge on any atom is 0.240 e. The number of alkyl halides is 2. The fraction of sp³-hybridized carbons (Fsp3) is 0.167. The third-order valence-electron chi connectivity index (χ3n) is 6.69. The van der Waals surface area contributed by atoms with Gasteiger partial charge in [0.25, 0.3) is 0 Å². The molecular weight excluding hydrogens is 421 g/mol. The molecule has 0 spiro atoms. The molecule has 1 heterocycles. The minimum atomic E-state index is -1.19. The average molecular weight is 436 g/mol. The van der Waals surface area contributed by atoms with Crippen molar-refractivity contribution >= 4 is 40.7 Å². The Labute approximate surface area is 182 Å². The van der Waals surface area contributed by atoms with E-state index in [1.807, 2.05) is 48.5 Å². The molecule has 0 unspecified atom stereocenters. The molecule has 6 heteroatoms. The summed E-state index contributed by atoms with van der Waals surface area (Å²) in [4.78, 5) is 26.2. The molecule has 3 aromatic carbocycles. The van der Waals surface area contributed by atoms with E-state index in [1.54, 1.807) is 12.1 Å². The van der Waals surface area contributed by atoms with Crippen LogP contribution in [0, 0.1) is 11.8 Å². The van der Waals surface area contributed by atoms with Crippen molar-refractivity contribution in [1.82, 2.24) is 0 Å². The van der Waals surface area contributed by atoms with Crippen molar-refractivity contribution in [2.45, 2.75) is 9.75 Å². The second-order valence-corrected chi connectivity index (χ2v) is 9.19. The molecule has 4 aliphatic rings. The summed E-state index contributed by atoms with van der Waals surface area (Å²) >= 11 is 14.7. The number of carbonyl (C=O) groups is 2. The van der Waals surface area contributed by atoms with Crippen LogP contribution in [0.4, 0.5) is 5.69 Å². The maximum absolute atomic E-state index is 13.7.